The van der Waals surface area contributed by atoms with Crippen LogP contribution < -0.4 is 9.30 Å². The summed E-state index contributed by atoms with van der Waals surface area (Å²) in [5.41, 5.74) is 1.53. The molecular weight excluding hydrogens is 233 g/mol. The molecule has 0 saturated heterocycles. The predicted octanol–water partition coefficient (Wildman–Crippen LogP) is 2.24. The highest BCUT2D eigenvalue weighted by Crippen LogP contribution is 2.27. The summed E-state index contributed by atoms with van der Waals surface area (Å²) in [6.07, 6.45) is 1.75. The van der Waals surface area contributed by atoms with Crippen molar-refractivity contribution in [2.75, 3.05) is 0 Å². The number of ether oxygens (including phenoxy) is 1. The van der Waals surface area contributed by atoms with Gasteiger partial charge in [0.15, 0.2) is 11.9 Å². The van der Waals surface area contributed by atoms with Gasteiger partial charge in [0.25, 0.3) is 0 Å². The number of aromatic hydroxyl groups is 1. The first kappa shape index (κ1) is 12.4. The second-order valence-electron chi connectivity index (χ2n) is 4.15. The third-order valence-electron chi connectivity index (χ3n) is 2.82. The third-order valence-corrected chi connectivity index (χ3v) is 2.82. The van der Waals surface area contributed by atoms with Gasteiger partial charge in [-0.3, -0.25) is 0 Å². The lowest BCUT2D eigenvalue weighted by Gasteiger charge is -2.09. The standard InChI is InChI=1S/C14H14FNO2/c1-10-14(13(17)6-7-16(10)2)18-9-11-4-3-5-12(15)8-11/h3-8H,9H2,1-2H3/p+1. The zero-order valence-electron chi connectivity index (χ0n) is 10.4. The van der Waals surface area contributed by atoms with Crippen molar-refractivity contribution in [3.8, 4) is 11.5 Å². The van der Waals surface area contributed by atoms with Crippen LogP contribution >= 0.6 is 0 Å². The van der Waals surface area contributed by atoms with Crippen molar-refractivity contribution in [3.63, 3.8) is 0 Å². The van der Waals surface area contributed by atoms with E-state index in [1.165, 1.54) is 12.1 Å². The van der Waals surface area contributed by atoms with E-state index in [4.69, 9.17) is 4.74 Å². The summed E-state index contributed by atoms with van der Waals surface area (Å²) >= 11 is 0. The lowest BCUT2D eigenvalue weighted by Crippen LogP contribution is -2.31. The van der Waals surface area contributed by atoms with Crippen molar-refractivity contribution in [3.05, 3.63) is 53.6 Å². The number of pyridine rings is 1. The number of rotatable bonds is 3. The maximum Gasteiger partial charge on any atom is 0.229 e. The van der Waals surface area contributed by atoms with Crippen molar-refractivity contribution in [1.29, 1.82) is 0 Å². The highest BCUT2D eigenvalue weighted by Gasteiger charge is 2.15. The van der Waals surface area contributed by atoms with E-state index >= 15 is 0 Å². The van der Waals surface area contributed by atoms with Crippen LogP contribution in [0.2, 0.25) is 0 Å². The Hall–Kier alpha value is -2.10. The quantitative estimate of drug-likeness (QED) is 0.845. The molecule has 94 valence electrons. The highest BCUT2D eigenvalue weighted by atomic mass is 19.1. The van der Waals surface area contributed by atoms with E-state index in [0.717, 1.165) is 11.3 Å². The van der Waals surface area contributed by atoms with Gasteiger partial charge in [0.2, 0.25) is 11.4 Å². The Labute approximate surface area is 105 Å². The first-order valence-corrected chi connectivity index (χ1v) is 5.63. The van der Waals surface area contributed by atoms with Gasteiger partial charge < -0.3 is 9.84 Å². The molecule has 1 aromatic heterocycles. The molecule has 1 heterocycles. The molecule has 0 radical (unpaired) electrons. The number of aromatic nitrogens is 1. The molecule has 2 aromatic rings. The van der Waals surface area contributed by atoms with Crippen LogP contribution in [0.4, 0.5) is 4.39 Å². The SMILES string of the molecule is Cc1c(OCc2cccc(F)c2)c(O)cc[n+]1C. The van der Waals surface area contributed by atoms with E-state index < -0.39 is 0 Å². The number of nitrogens with zero attached hydrogens (tertiary/aromatic N) is 1. The van der Waals surface area contributed by atoms with E-state index in [1.807, 2.05) is 18.5 Å². The Bertz CT molecular complexity index is 570. The lowest BCUT2D eigenvalue weighted by molar-refractivity contribution is -0.678. The number of hydrogen-bond acceptors (Lipinski definition) is 2. The number of aryl methyl sites for hydroxylation is 1. The van der Waals surface area contributed by atoms with E-state index in [-0.39, 0.29) is 18.2 Å². The number of halogens is 1. The van der Waals surface area contributed by atoms with Crippen LogP contribution in [0.1, 0.15) is 11.3 Å². The van der Waals surface area contributed by atoms with Crippen LogP contribution in [0.3, 0.4) is 0 Å². The summed E-state index contributed by atoms with van der Waals surface area (Å²) in [6, 6.07) is 7.77. The molecule has 0 saturated carbocycles. The Morgan fingerprint density at radius 3 is 2.83 bits per heavy atom. The van der Waals surface area contributed by atoms with Gasteiger partial charge in [0.1, 0.15) is 19.5 Å². The highest BCUT2D eigenvalue weighted by molar-refractivity contribution is 5.38. The predicted molar refractivity (Wildman–Crippen MR) is 64.8 cm³/mol. The zero-order chi connectivity index (χ0) is 13.1. The van der Waals surface area contributed by atoms with E-state index in [2.05, 4.69) is 0 Å². The van der Waals surface area contributed by atoms with Crippen molar-refractivity contribution >= 4 is 0 Å². The fourth-order valence-corrected chi connectivity index (χ4v) is 1.68. The number of hydrogen-bond donors (Lipinski definition) is 1. The largest absolute Gasteiger partial charge is 0.504 e. The van der Waals surface area contributed by atoms with Crippen molar-refractivity contribution < 1.29 is 18.8 Å². The molecule has 0 spiro atoms. The molecule has 0 aliphatic heterocycles. The minimum atomic E-state index is -0.296. The first-order valence-electron chi connectivity index (χ1n) is 5.63. The molecule has 1 aromatic carbocycles. The molecule has 1 N–H and O–H groups in total. The molecule has 3 nitrogen and oxygen atoms in total. The maximum absolute atomic E-state index is 13.0. The van der Waals surface area contributed by atoms with Gasteiger partial charge in [-0.25, -0.2) is 8.96 Å². The van der Waals surface area contributed by atoms with Gasteiger partial charge >= 0.3 is 0 Å². The van der Waals surface area contributed by atoms with Crippen LogP contribution in [-0.4, -0.2) is 5.11 Å². The van der Waals surface area contributed by atoms with Crippen molar-refractivity contribution in [2.24, 2.45) is 7.05 Å². The van der Waals surface area contributed by atoms with Gasteiger partial charge in [-0.15, -0.1) is 0 Å². The Morgan fingerprint density at radius 1 is 1.33 bits per heavy atom. The second-order valence-corrected chi connectivity index (χ2v) is 4.15. The van der Waals surface area contributed by atoms with Crippen LogP contribution in [0.25, 0.3) is 0 Å². The van der Waals surface area contributed by atoms with Crippen molar-refractivity contribution in [1.82, 2.24) is 0 Å². The molecule has 0 amide bonds. The molecular formula is C14H15FNO2+. The summed E-state index contributed by atoms with van der Waals surface area (Å²) in [5, 5.41) is 9.74. The molecule has 18 heavy (non-hydrogen) atoms. The van der Waals surface area contributed by atoms with Gasteiger partial charge in [-0.2, -0.15) is 0 Å². The van der Waals surface area contributed by atoms with E-state index in [0.29, 0.717) is 5.75 Å². The molecule has 0 aliphatic carbocycles. The minimum absolute atomic E-state index is 0.0852. The Balaban J connectivity index is 2.18. The average molecular weight is 248 g/mol. The summed E-state index contributed by atoms with van der Waals surface area (Å²) in [7, 11) is 1.86. The fraction of sp³-hybridized carbons (Fsp3) is 0.214. The molecule has 0 atom stereocenters. The smallest absolute Gasteiger partial charge is 0.229 e. The van der Waals surface area contributed by atoms with Crippen LogP contribution in [-0.2, 0) is 13.7 Å². The summed E-state index contributed by atoms with van der Waals surface area (Å²) < 4.78 is 20.4. The summed E-state index contributed by atoms with van der Waals surface area (Å²) in [4.78, 5) is 0. The zero-order valence-corrected chi connectivity index (χ0v) is 10.4. The van der Waals surface area contributed by atoms with Crippen LogP contribution in [0.15, 0.2) is 36.5 Å². The number of benzene rings is 1. The van der Waals surface area contributed by atoms with Crippen LogP contribution in [0, 0.1) is 12.7 Å². The minimum Gasteiger partial charge on any atom is -0.504 e. The normalized spacial score (nSPS) is 10.4. The molecule has 0 aliphatic rings. The van der Waals surface area contributed by atoms with Crippen molar-refractivity contribution in [2.45, 2.75) is 13.5 Å². The van der Waals surface area contributed by atoms with Gasteiger partial charge in [-0.1, -0.05) is 12.1 Å². The third kappa shape index (κ3) is 2.59. The second kappa shape index (κ2) is 5.04. The fourth-order valence-electron chi connectivity index (χ4n) is 1.68. The maximum atomic E-state index is 13.0. The molecule has 4 heteroatoms. The Kier molecular flexibility index (Phi) is 3.46. The molecule has 0 fully saturated rings. The molecule has 0 unspecified atom stereocenters. The van der Waals surface area contributed by atoms with Gasteiger partial charge in [-0.05, 0) is 17.7 Å². The van der Waals surface area contributed by atoms with E-state index in [1.54, 1.807) is 24.4 Å². The van der Waals surface area contributed by atoms with E-state index in [9.17, 15) is 9.50 Å². The van der Waals surface area contributed by atoms with Crippen LogP contribution in [0.5, 0.6) is 11.5 Å². The lowest BCUT2D eigenvalue weighted by atomic mass is 10.2. The molecule has 0 bridgehead atoms. The topological polar surface area (TPSA) is 33.3 Å². The van der Waals surface area contributed by atoms with Gasteiger partial charge in [0.05, 0.1) is 0 Å². The average Bonchev–Trinajstić information content (AvgIpc) is 2.34. The summed E-state index contributed by atoms with van der Waals surface area (Å²) in [6.45, 7) is 2.07. The van der Waals surface area contributed by atoms with Gasteiger partial charge in [0, 0.05) is 13.0 Å². The summed E-state index contributed by atoms with van der Waals surface area (Å²) in [5.74, 6) is 0.210. The molecule has 2 rings (SSSR count). The Morgan fingerprint density at radius 2 is 2.11 bits per heavy atom. The monoisotopic (exact) mass is 248 g/mol. The first-order chi connectivity index (χ1) is 8.58.